The number of para-hydroxylation sites is 1. The van der Waals surface area contributed by atoms with E-state index in [1.165, 1.54) is 11.3 Å². The second kappa shape index (κ2) is 11.7. The highest BCUT2D eigenvalue weighted by Crippen LogP contribution is 2.37. The van der Waals surface area contributed by atoms with Gasteiger partial charge in [0.25, 0.3) is 0 Å². The van der Waals surface area contributed by atoms with Gasteiger partial charge in [0.05, 0.1) is 28.3 Å². The zero-order valence-electron chi connectivity index (χ0n) is 22.3. The summed E-state index contributed by atoms with van der Waals surface area (Å²) < 4.78 is 0.901. The number of Topliss-reactive ketones (excluding diaryl/α,β-unsaturated/α-hetero) is 1. The van der Waals surface area contributed by atoms with E-state index in [0.717, 1.165) is 28.6 Å². The molecule has 8 N–H and O–H groups in total. The Morgan fingerprint density at radius 2 is 1.85 bits per heavy atom. The summed E-state index contributed by atoms with van der Waals surface area (Å²) in [5, 5.41) is 3.31. The fraction of sp³-hybridized carbons (Fsp3) is 0.414. The van der Waals surface area contributed by atoms with Gasteiger partial charge >= 0.3 is 5.96 Å². The number of thiazole rings is 1. The predicted octanol–water partition coefficient (Wildman–Crippen LogP) is 0.192. The number of fused-ring (bicyclic) bond motifs is 2. The molecule has 2 aromatic carbocycles. The summed E-state index contributed by atoms with van der Waals surface area (Å²) >= 11 is 1.30. The minimum atomic E-state index is -1.07. The van der Waals surface area contributed by atoms with Gasteiger partial charge in [-0.1, -0.05) is 42.5 Å². The van der Waals surface area contributed by atoms with Crippen LogP contribution in [0.4, 0.5) is 0 Å². The van der Waals surface area contributed by atoms with Crippen LogP contribution in [-0.2, 0) is 16.0 Å². The Balaban J connectivity index is 1.33. The topological polar surface area (TPSA) is 171 Å². The minimum absolute atomic E-state index is 0.0265. The molecule has 0 saturated carbocycles. The molecule has 2 aliphatic heterocycles. The van der Waals surface area contributed by atoms with Crippen molar-refractivity contribution in [3.63, 3.8) is 0 Å². The normalized spacial score (nSPS) is 23.0. The number of ketones is 1. The maximum absolute atomic E-state index is 13.8. The smallest absolute Gasteiger partial charge is 0.338 e. The van der Waals surface area contributed by atoms with Crippen molar-refractivity contribution in [1.82, 2.24) is 15.2 Å². The number of piperidine rings is 1. The Kier molecular flexibility index (Phi) is 8.13. The molecule has 2 fully saturated rings. The highest BCUT2D eigenvalue weighted by Gasteiger charge is 2.51. The minimum Gasteiger partial charge on any atom is -0.344 e. The number of hydrogen-bond donors (Lipinski definition) is 5. The van der Waals surface area contributed by atoms with Crippen molar-refractivity contribution in [2.45, 2.75) is 68.6 Å². The summed E-state index contributed by atoms with van der Waals surface area (Å²) in [5.74, 6) is -0.690. The van der Waals surface area contributed by atoms with Crippen molar-refractivity contribution in [3.8, 4) is 0 Å². The van der Waals surface area contributed by atoms with Gasteiger partial charge in [-0.05, 0) is 62.6 Å². The molecule has 0 unspecified atom stereocenters. The number of nitrogens with zero attached hydrogens (tertiary/aromatic N) is 2. The number of guanidine groups is 1. The number of carbonyl (C=O) groups is 3. The highest BCUT2D eigenvalue weighted by molar-refractivity contribution is 7.20. The summed E-state index contributed by atoms with van der Waals surface area (Å²) in [6.07, 6.45) is 3.90. The van der Waals surface area contributed by atoms with Crippen molar-refractivity contribution < 1.29 is 19.4 Å². The second-order valence-electron chi connectivity index (χ2n) is 10.8. The molecule has 10 nitrogen and oxygen atoms in total. The third-order valence-corrected chi connectivity index (χ3v) is 8.94. The molecule has 40 heavy (non-hydrogen) atoms. The number of benzene rings is 2. The first-order valence-electron chi connectivity index (χ1n) is 13.7. The largest absolute Gasteiger partial charge is 0.344 e. The highest BCUT2D eigenvalue weighted by atomic mass is 32.1. The van der Waals surface area contributed by atoms with Crippen LogP contribution in [0.25, 0.3) is 10.2 Å². The maximum Gasteiger partial charge on any atom is 0.338 e. The molecular formula is C29H36N7O3S+. The summed E-state index contributed by atoms with van der Waals surface area (Å²) in [7, 11) is 0. The van der Waals surface area contributed by atoms with E-state index in [0.29, 0.717) is 43.7 Å². The van der Waals surface area contributed by atoms with Crippen molar-refractivity contribution in [1.29, 1.82) is 0 Å². The van der Waals surface area contributed by atoms with Crippen LogP contribution in [0.3, 0.4) is 0 Å². The van der Waals surface area contributed by atoms with Crippen LogP contribution in [-0.4, -0.2) is 63.7 Å². The van der Waals surface area contributed by atoms with E-state index in [9.17, 15) is 14.4 Å². The van der Waals surface area contributed by atoms with Crippen LogP contribution >= 0.6 is 11.3 Å². The molecule has 0 aliphatic carbocycles. The number of hydrogen-bond acceptors (Lipinski definition) is 6. The van der Waals surface area contributed by atoms with Crippen LogP contribution in [0, 0.1) is 0 Å². The van der Waals surface area contributed by atoms with Gasteiger partial charge in [0.1, 0.15) is 6.04 Å². The standard InChI is InChI=1S/C29H35N7O3S/c30-28(31)33-16-6-10-21(24(37)26-35-20-9-4-5-11-23(20)40-26)34-25(38)22-13-12-19-14-15-29(32,27(39)36(19)22)17-18-7-2-1-3-8-18/h1-5,7-9,11,19,21-22H,6,10,12-17,32H2,(H,34,38)(H4,30,31,33)/p+1/t19-,21+,22+,29+/m1/s1. The summed E-state index contributed by atoms with van der Waals surface area (Å²) in [4.78, 5) is 50.1. The zero-order valence-corrected chi connectivity index (χ0v) is 23.2. The van der Waals surface area contributed by atoms with E-state index in [2.05, 4.69) is 15.3 Å². The number of rotatable bonds is 10. The lowest BCUT2D eigenvalue weighted by molar-refractivity contribution is -0.459. The number of carbonyl (C=O) groups excluding carboxylic acids is 3. The fourth-order valence-corrected chi connectivity index (χ4v) is 6.81. The predicted molar refractivity (Wildman–Crippen MR) is 154 cm³/mol. The van der Waals surface area contributed by atoms with Crippen LogP contribution in [0.1, 0.15) is 53.9 Å². The van der Waals surface area contributed by atoms with E-state index in [4.69, 9.17) is 17.2 Å². The second-order valence-corrected chi connectivity index (χ2v) is 11.8. The van der Waals surface area contributed by atoms with Gasteiger partial charge in [-0.25, -0.2) is 4.98 Å². The van der Waals surface area contributed by atoms with Crippen molar-refractivity contribution in [3.05, 3.63) is 65.2 Å². The Bertz CT molecular complexity index is 1390. The first-order chi connectivity index (χ1) is 19.2. The molecule has 11 heteroatoms. The molecule has 4 atom stereocenters. The molecule has 3 heterocycles. The number of nitrogens with one attached hydrogen (secondary N) is 2. The molecule has 210 valence electrons. The van der Waals surface area contributed by atoms with Crippen LogP contribution in [0.15, 0.2) is 54.6 Å². The summed E-state index contributed by atoms with van der Waals surface area (Å²) in [6.45, 7) is 0.452. The lowest BCUT2D eigenvalue weighted by Gasteiger charge is -2.43. The average Bonchev–Trinajstić information content (AvgIpc) is 3.57. The Labute approximate surface area is 237 Å². The van der Waals surface area contributed by atoms with Crippen molar-refractivity contribution in [2.24, 2.45) is 17.2 Å². The lowest BCUT2D eigenvalue weighted by Crippen LogP contribution is -2.78. The van der Waals surface area contributed by atoms with Crippen LogP contribution in [0.5, 0.6) is 0 Å². The van der Waals surface area contributed by atoms with Gasteiger partial charge < -0.3 is 16.0 Å². The van der Waals surface area contributed by atoms with Gasteiger partial charge in [0, 0.05) is 6.04 Å². The molecule has 3 aromatic rings. The van der Waals surface area contributed by atoms with E-state index in [-0.39, 0.29) is 29.6 Å². The molecule has 5 rings (SSSR count). The molecule has 0 bridgehead atoms. The summed E-state index contributed by atoms with van der Waals surface area (Å²) in [5.41, 5.74) is 18.4. The van der Waals surface area contributed by atoms with Crippen molar-refractivity contribution >= 4 is 45.1 Å². The zero-order chi connectivity index (χ0) is 28.3. The van der Waals surface area contributed by atoms with Gasteiger partial charge in [0.2, 0.25) is 17.6 Å². The molecule has 2 saturated heterocycles. The average molecular weight is 563 g/mol. The molecule has 0 spiro atoms. The third kappa shape index (κ3) is 5.85. The van der Waals surface area contributed by atoms with Crippen LogP contribution in [0.2, 0.25) is 0 Å². The Morgan fingerprint density at radius 3 is 2.60 bits per heavy atom. The molecule has 2 amide bonds. The SMILES string of the molecule is NC(N)=[NH+]CCC[C@H](NC(=O)[C@@H]1CC[C@@H]2CC[C@](N)(Cc3ccccc3)C(=O)N21)C(=O)c1nc2ccccc2s1. The third-order valence-electron chi connectivity index (χ3n) is 7.89. The number of nitrogens with two attached hydrogens (primary N) is 3. The van der Waals surface area contributed by atoms with Gasteiger partial charge in [0.15, 0.2) is 5.01 Å². The van der Waals surface area contributed by atoms with E-state index in [1.807, 2.05) is 54.6 Å². The van der Waals surface area contributed by atoms with E-state index >= 15 is 0 Å². The van der Waals surface area contributed by atoms with E-state index < -0.39 is 17.6 Å². The van der Waals surface area contributed by atoms with Crippen molar-refractivity contribution in [2.75, 3.05) is 6.54 Å². The maximum atomic E-state index is 13.8. The Morgan fingerprint density at radius 1 is 1.10 bits per heavy atom. The van der Waals surface area contributed by atoms with Gasteiger partial charge in [-0.3, -0.25) is 30.8 Å². The van der Waals surface area contributed by atoms with Crippen LogP contribution < -0.4 is 27.5 Å². The number of amides is 2. The quantitative estimate of drug-likeness (QED) is 0.102. The molecular weight excluding hydrogens is 526 g/mol. The van der Waals surface area contributed by atoms with Gasteiger partial charge in [-0.15, -0.1) is 11.3 Å². The number of aromatic nitrogens is 1. The first-order valence-corrected chi connectivity index (χ1v) is 14.5. The monoisotopic (exact) mass is 562 g/mol. The van der Waals surface area contributed by atoms with E-state index in [1.54, 1.807) is 4.90 Å². The summed E-state index contributed by atoms with van der Waals surface area (Å²) in [6, 6.07) is 15.7. The molecule has 0 radical (unpaired) electrons. The van der Waals surface area contributed by atoms with Gasteiger partial charge in [-0.2, -0.15) is 0 Å². The first kappa shape index (κ1) is 27.7. The lowest BCUT2D eigenvalue weighted by atomic mass is 9.81. The molecule has 1 aromatic heterocycles. The molecule has 2 aliphatic rings. The Hall–Kier alpha value is -3.83. The fourth-order valence-electron chi connectivity index (χ4n) is 5.85.